The van der Waals surface area contributed by atoms with Gasteiger partial charge in [-0.1, -0.05) is 20.3 Å². The van der Waals surface area contributed by atoms with Crippen LogP contribution in [-0.2, 0) is 7.05 Å². The predicted molar refractivity (Wildman–Crippen MR) is 56.5 cm³/mol. The highest BCUT2D eigenvalue weighted by atomic mass is 16.1. The monoisotopic (exact) mass is 207 g/mol. The van der Waals surface area contributed by atoms with Crippen LogP contribution >= 0.6 is 0 Å². The highest BCUT2D eigenvalue weighted by molar-refractivity contribution is 5.97. The van der Waals surface area contributed by atoms with Crippen molar-refractivity contribution in [1.29, 1.82) is 0 Å². The Hall–Kier alpha value is -1.19. The number of hydrogen-bond acceptors (Lipinski definition) is 3. The van der Waals surface area contributed by atoms with Gasteiger partial charge in [-0.25, -0.2) is 0 Å². The lowest BCUT2D eigenvalue weighted by Gasteiger charge is -2.38. The zero-order chi connectivity index (χ0) is 11.1. The molecule has 0 radical (unpaired) electrons. The fourth-order valence-corrected chi connectivity index (χ4v) is 2.09. The fraction of sp³-hybridized carbons (Fsp3) is 0.727. The van der Waals surface area contributed by atoms with Crippen molar-refractivity contribution in [1.82, 2.24) is 14.8 Å². The molecule has 1 heterocycles. The van der Waals surface area contributed by atoms with E-state index in [-0.39, 0.29) is 11.2 Å². The molecule has 1 aromatic heterocycles. The molecule has 1 aromatic rings. The van der Waals surface area contributed by atoms with Crippen LogP contribution in [0.4, 0.5) is 0 Å². The minimum absolute atomic E-state index is 0.118. The van der Waals surface area contributed by atoms with Gasteiger partial charge in [-0.3, -0.25) is 4.79 Å². The van der Waals surface area contributed by atoms with Crippen molar-refractivity contribution < 1.29 is 4.79 Å². The molecule has 1 aliphatic rings. The molecule has 0 unspecified atom stereocenters. The van der Waals surface area contributed by atoms with Crippen LogP contribution in [0.3, 0.4) is 0 Å². The van der Waals surface area contributed by atoms with Crippen LogP contribution in [0.2, 0.25) is 0 Å². The van der Waals surface area contributed by atoms with Gasteiger partial charge in [0, 0.05) is 12.5 Å². The maximum Gasteiger partial charge on any atom is 0.206 e. The number of aromatic nitrogens is 3. The van der Waals surface area contributed by atoms with E-state index in [0.717, 1.165) is 12.8 Å². The van der Waals surface area contributed by atoms with E-state index in [2.05, 4.69) is 10.2 Å². The average Bonchev–Trinajstić information content (AvgIpc) is 2.45. The van der Waals surface area contributed by atoms with Crippen LogP contribution in [0.5, 0.6) is 0 Å². The number of rotatable bonds is 3. The Morgan fingerprint density at radius 1 is 1.53 bits per heavy atom. The van der Waals surface area contributed by atoms with Gasteiger partial charge in [-0.2, -0.15) is 0 Å². The third-order valence-corrected chi connectivity index (χ3v) is 3.63. The molecule has 0 saturated heterocycles. The second kappa shape index (κ2) is 3.43. The molecule has 0 spiro atoms. The summed E-state index contributed by atoms with van der Waals surface area (Å²) in [6.45, 7) is 4.04. The van der Waals surface area contributed by atoms with Gasteiger partial charge in [0.2, 0.25) is 5.78 Å². The summed E-state index contributed by atoms with van der Waals surface area (Å²) in [4.78, 5) is 12.3. The molecular formula is C11H17N3O. The first kappa shape index (κ1) is 10.3. The van der Waals surface area contributed by atoms with Crippen molar-refractivity contribution in [3.8, 4) is 0 Å². The molecule has 0 bridgehead atoms. The molecule has 15 heavy (non-hydrogen) atoms. The molecular weight excluding hydrogens is 190 g/mol. The van der Waals surface area contributed by atoms with E-state index in [4.69, 9.17) is 0 Å². The van der Waals surface area contributed by atoms with Crippen LogP contribution in [0.25, 0.3) is 0 Å². The van der Waals surface area contributed by atoms with Crippen molar-refractivity contribution in [2.24, 2.45) is 18.4 Å². The summed E-state index contributed by atoms with van der Waals surface area (Å²) in [6.07, 6.45) is 5.15. The number of carbonyl (C=O) groups excluding carboxylic acids is 1. The van der Waals surface area contributed by atoms with Crippen LogP contribution < -0.4 is 0 Å². The van der Waals surface area contributed by atoms with E-state index in [0.29, 0.717) is 11.7 Å². The van der Waals surface area contributed by atoms with Gasteiger partial charge in [0.25, 0.3) is 0 Å². The third kappa shape index (κ3) is 1.58. The summed E-state index contributed by atoms with van der Waals surface area (Å²) in [5, 5.41) is 7.64. The molecule has 0 aliphatic heterocycles. The van der Waals surface area contributed by atoms with Crippen LogP contribution in [0, 0.1) is 11.3 Å². The minimum Gasteiger partial charge on any atom is -0.314 e. The summed E-state index contributed by atoms with van der Waals surface area (Å²) >= 11 is 0. The van der Waals surface area contributed by atoms with E-state index in [9.17, 15) is 4.79 Å². The highest BCUT2D eigenvalue weighted by Crippen LogP contribution is 2.43. The molecule has 0 N–H and O–H groups in total. The summed E-state index contributed by atoms with van der Waals surface area (Å²) in [5.41, 5.74) is -0.293. The van der Waals surface area contributed by atoms with E-state index in [1.807, 2.05) is 20.9 Å². The summed E-state index contributed by atoms with van der Waals surface area (Å²) in [7, 11) is 1.81. The second-order valence-electron chi connectivity index (χ2n) is 4.94. The molecule has 2 rings (SSSR count). The maximum absolute atomic E-state index is 12.3. The van der Waals surface area contributed by atoms with Crippen LogP contribution in [0.1, 0.15) is 43.7 Å². The third-order valence-electron chi connectivity index (χ3n) is 3.63. The lowest BCUT2D eigenvalue weighted by Crippen LogP contribution is -2.38. The highest BCUT2D eigenvalue weighted by Gasteiger charge is 2.41. The van der Waals surface area contributed by atoms with E-state index < -0.39 is 0 Å². The number of hydrogen-bond donors (Lipinski definition) is 0. The molecule has 0 aromatic carbocycles. The van der Waals surface area contributed by atoms with Gasteiger partial charge in [0.05, 0.1) is 0 Å². The second-order valence-corrected chi connectivity index (χ2v) is 4.94. The van der Waals surface area contributed by atoms with Gasteiger partial charge >= 0.3 is 0 Å². The summed E-state index contributed by atoms with van der Waals surface area (Å²) in [5.74, 6) is 1.11. The minimum atomic E-state index is -0.293. The van der Waals surface area contributed by atoms with Gasteiger partial charge in [-0.15, -0.1) is 10.2 Å². The van der Waals surface area contributed by atoms with Crippen LogP contribution in [0.15, 0.2) is 6.33 Å². The topological polar surface area (TPSA) is 47.8 Å². The summed E-state index contributed by atoms with van der Waals surface area (Å²) in [6, 6.07) is 0. The summed E-state index contributed by atoms with van der Waals surface area (Å²) < 4.78 is 1.70. The largest absolute Gasteiger partial charge is 0.314 e. The van der Waals surface area contributed by atoms with Gasteiger partial charge in [0.15, 0.2) is 5.82 Å². The quantitative estimate of drug-likeness (QED) is 0.710. The Morgan fingerprint density at radius 3 is 2.60 bits per heavy atom. The number of nitrogens with zero attached hydrogens (tertiary/aromatic N) is 3. The molecule has 82 valence electrons. The Labute approximate surface area is 89.7 Å². The first-order valence-electron chi connectivity index (χ1n) is 5.42. The lowest BCUT2D eigenvalue weighted by atomic mass is 9.65. The van der Waals surface area contributed by atoms with E-state index >= 15 is 0 Å². The van der Waals surface area contributed by atoms with Crippen molar-refractivity contribution in [3.05, 3.63) is 12.2 Å². The molecule has 1 saturated carbocycles. The average molecular weight is 207 g/mol. The zero-order valence-corrected chi connectivity index (χ0v) is 9.53. The molecule has 4 heteroatoms. The smallest absolute Gasteiger partial charge is 0.206 e. The standard InChI is InChI=1S/C11H17N3O/c1-11(2,8-5-4-6-8)9(15)10-13-12-7-14(10)3/h7-8H,4-6H2,1-3H3. The van der Waals surface area contributed by atoms with Crippen molar-refractivity contribution in [3.63, 3.8) is 0 Å². The molecule has 1 fully saturated rings. The zero-order valence-electron chi connectivity index (χ0n) is 9.53. The first-order chi connectivity index (χ1) is 7.03. The van der Waals surface area contributed by atoms with Crippen molar-refractivity contribution >= 4 is 5.78 Å². The van der Waals surface area contributed by atoms with E-state index in [1.165, 1.54) is 6.42 Å². The van der Waals surface area contributed by atoms with E-state index in [1.54, 1.807) is 10.9 Å². The Bertz CT molecular complexity index is 377. The van der Waals surface area contributed by atoms with Gasteiger partial charge in [-0.05, 0) is 18.8 Å². The van der Waals surface area contributed by atoms with Gasteiger partial charge < -0.3 is 4.57 Å². The molecule has 0 amide bonds. The molecule has 4 nitrogen and oxygen atoms in total. The Balaban J connectivity index is 2.23. The van der Waals surface area contributed by atoms with Gasteiger partial charge in [0.1, 0.15) is 6.33 Å². The normalized spacial score (nSPS) is 17.5. The predicted octanol–water partition coefficient (Wildman–Crippen LogP) is 1.82. The first-order valence-corrected chi connectivity index (χ1v) is 5.42. The van der Waals surface area contributed by atoms with Crippen molar-refractivity contribution in [2.75, 3.05) is 0 Å². The lowest BCUT2D eigenvalue weighted by molar-refractivity contribution is 0.0605. The molecule has 1 aliphatic carbocycles. The van der Waals surface area contributed by atoms with Crippen LogP contribution in [-0.4, -0.2) is 20.5 Å². The fourth-order valence-electron chi connectivity index (χ4n) is 2.09. The number of Topliss-reactive ketones (excluding diaryl/α,β-unsaturated/α-hetero) is 1. The van der Waals surface area contributed by atoms with Crippen molar-refractivity contribution in [2.45, 2.75) is 33.1 Å². The Morgan fingerprint density at radius 2 is 2.20 bits per heavy atom. The maximum atomic E-state index is 12.3. The number of aryl methyl sites for hydroxylation is 1. The number of ketones is 1. The number of carbonyl (C=O) groups is 1. The SMILES string of the molecule is Cn1cnnc1C(=O)C(C)(C)C1CCC1. The Kier molecular flexibility index (Phi) is 2.37. The molecule has 0 atom stereocenters.